The number of hydrogen-bond donors (Lipinski definition) is 1. The smallest absolute Gasteiger partial charge is 0.220 e. The second kappa shape index (κ2) is 8.61. The van der Waals surface area contributed by atoms with Crippen molar-refractivity contribution in [2.45, 2.75) is 33.2 Å². The average molecular weight is 370 g/mol. The molecule has 2 heterocycles. The SMILES string of the molecule is CC(C)(C)CC(=O)NC[C@@H](c1ccco1)N1CCN(c2ccccc2)CC1. The van der Waals surface area contributed by atoms with Crippen LogP contribution < -0.4 is 10.2 Å². The number of para-hydroxylation sites is 1. The Bertz CT molecular complexity index is 699. The average Bonchev–Trinajstić information content (AvgIpc) is 3.16. The van der Waals surface area contributed by atoms with E-state index in [0.717, 1.165) is 31.9 Å². The summed E-state index contributed by atoms with van der Waals surface area (Å²) in [6.45, 7) is 10.6. The van der Waals surface area contributed by atoms with E-state index in [1.54, 1.807) is 6.26 Å². The summed E-state index contributed by atoms with van der Waals surface area (Å²) >= 11 is 0. The Morgan fingerprint density at radius 1 is 1.07 bits per heavy atom. The fourth-order valence-electron chi connectivity index (χ4n) is 3.58. The molecule has 0 aliphatic carbocycles. The maximum absolute atomic E-state index is 12.3. The van der Waals surface area contributed by atoms with E-state index in [1.165, 1.54) is 5.69 Å². The van der Waals surface area contributed by atoms with Crippen LogP contribution >= 0.6 is 0 Å². The van der Waals surface area contributed by atoms with Gasteiger partial charge in [0.2, 0.25) is 5.91 Å². The molecule has 1 atom stereocenters. The second-order valence-corrected chi connectivity index (χ2v) is 8.43. The molecule has 146 valence electrons. The zero-order valence-corrected chi connectivity index (χ0v) is 16.6. The largest absolute Gasteiger partial charge is 0.468 e. The van der Waals surface area contributed by atoms with Crippen LogP contribution in [0.3, 0.4) is 0 Å². The number of benzene rings is 1. The van der Waals surface area contributed by atoms with Gasteiger partial charge in [-0.2, -0.15) is 0 Å². The van der Waals surface area contributed by atoms with E-state index in [2.05, 4.69) is 60.2 Å². The molecule has 0 unspecified atom stereocenters. The van der Waals surface area contributed by atoms with Gasteiger partial charge in [-0.3, -0.25) is 9.69 Å². The summed E-state index contributed by atoms with van der Waals surface area (Å²) in [6, 6.07) is 14.5. The Morgan fingerprint density at radius 3 is 2.37 bits per heavy atom. The summed E-state index contributed by atoms with van der Waals surface area (Å²) in [6.07, 6.45) is 2.24. The van der Waals surface area contributed by atoms with Gasteiger partial charge in [-0.05, 0) is 29.7 Å². The van der Waals surface area contributed by atoms with Crippen LogP contribution in [0.15, 0.2) is 53.1 Å². The molecule has 27 heavy (non-hydrogen) atoms. The van der Waals surface area contributed by atoms with E-state index in [9.17, 15) is 4.79 Å². The van der Waals surface area contributed by atoms with Crippen LogP contribution in [-0.2, 0) is 4.79 Å². The highest BCUT2D eigenvalue weighted by molar-refractivity contribution is 5.76. The molecular weight excluding hydrogens is 338 g/mol. The van der Waals surface area contributed by atoms with Crippen LogP contribution in [0.5, 0.6) is 0 Å². The molecule has 1 aliphatic rings. The zero-order valence-electron chi connectivity index (χ0n) is 16.6. The van der Waals surface area contributed by atoms with Crippen molar-refractivity contribution in [1.29, 1.82) is 0 Å². The van der Waals surface area contributed by atoms with Gasteiger partial charge in [-0.1, -0.05) is 39.0 Å². The van der Waals surface area contributed by atoms with E-state index in [0.29, 0.717) is 13.0 Å². The molecule has 1 aliphatic heterocycles. The maximum atomic E-state index is 12.3. The number of furan rings is 1. The molecule has 0 saturated carbocycles. The minimum absolute atomic E-state index is 0.00836. The third-order valence-corrected chi connectivity index (χ3v) is 4.93. The maximum Gasteiger partial charge on any atom is 0.220 e. The van der Waals surface area contributed by atoms with Crippen molar-refractivity contribution in [2.75, 3.05) is 37.6 Å². The lowest BCUT2D eigenvalue weighted by Gasteiger charge is -2.39. The first-order chi connectivity index (χ1) is 12.9. The van der Waals surface area contributed by atoms with Crippen LogP contribution in [-0.4, -0.2) is 43.5 Å². The molecule has 0 bridgehead atoms. The molecule has 1 N–H and O–H groups in total. The number of rotatable bonds is 6. The number of amides is 1. The van der Waals surface area contributed by atoms with Gasteiger partial charge in [0.1, 0.15) is 5.76 Å². The van der Waals surface area contributed by atoms with Crippen molar-refractivity contribution in [3.63, 3.8) is 0 Å². The molecular formula is C22H31N3O2. The van der Waals surface area contributed by atoms with Crippen LogP contribution in [0.1, 0.15) is 39.0 Å². The van der Waals surface area contributed by atoms with Crippen molar-refractivity contribution < 1.29 is 9.21 Å². The Hall–Kier alpha value is -2.27. The standard InChI is InChI=1S/C22H31N3O2/c1-22(2,3)16-21(26)23-17-19(20-10-7-15-27-20)25-13-11-24(12-14-25)18-8-5-4-6-9-18/h4-10,15,19H,11-14,16-17H2,1-3H3,(H,23,26)/t19-/m0/s1. The van der Waals surface area contributed by atoms with Gasteiger partial charge >= 0.3 is 0 Å². The zero-order chi connectivity index (χ0) is 19.3. The van der Waals surface area contributed by atoms with Crippen molar-refractivity contribution in [3.8, 4) is 0 Å². The predicted molar refractivity (Wildman–Crippen MR) is 109 cm³/mol. The summed E-state index contributed by atoms with van der Waals surface area (Å²) in [4.78, 5) is 17.1. The summed E-state index contributed by atoms with van der Waals surface area (Å²) in [7, 11) is 0. The van der Waals surface area contributed by atoms with Gasteiger partial charge < -0.3 is 14.6 Å². The lowest BCUT2D eigenvalue weighted by atomic mass is 9.92. The first-order valence-corrected chi connectivity index (χ1v) is 9.76. The fraction of sp³-hybridized carbons (Fsp3) is 0.500. The van der Waals surface area contributed by atoms with E-state index < -0.39 is 0 Å². The molecule has 1 amide bonds. The van der Waals surface area contributed by atoms with Crippen molar-refractivity contribution >= 4 is 11.6 Å². The summed E-state index contributed by atoms with van der Waals surface area (Å²) in [5.74, 6) is 1.01. The van der Waals surface area contributed by atoms with E-state index in [1.807, 2.05) is 18.2 Å². The lowest BCUT2D eigenvalue weighted by molar-refractivity contribution is -0.123. The van der Waals surface area contributed by atoms with Gasteiger partial charge in [0.15, 0.2) is 0 Å². The minimum atomic E-state index is -0.00836. The molecule has 1 fully saturated rings. The Balaban J connectivity index is 1.60. The third kappa shape index (κ3) is 5.60. The highest BCUT2D eigenvalue weighted by Gasteiger charge is 2.28. The summed E-state index contributed by atoms with van der Waals surface area (Å²) in [5.41, 5.74) is 1.26. The van der Waals surface area contributed by atoms with Crippen LogP contribution in [0.4, 0.5) is 5.69 Å². The highest BCUT2D eigenvalue weighted by atomic mass is 16.3. The van der Waals surface area contributed by atoms with Gasteiger partial charge in [-0.25, -0.2) is 0 Å². The molecule has 5 nitrogen and oxygen atoms in total. The van der Waals surface area contributed by atoms with Gasteiger partial charge in [0.25, 0.3) is 0 Å². The molecule has 1 aromatic heterocycles. The number of anilines is 1. The van der Waals surface area contributed by atoms with Crippen LogP contribution in [0, 0.1) is 5.41 Å². The summed E-state index contributed by atoms with van der Waals surface area (Å²) < 4.78 is 5.69. The number of carbonyl (C=O) groups is 1. The van der Waals surface area contributed by atoms with Gasteiger partial charge in [0.05, 0.1) is 12.3 Å². The Kier molecular flexibility index (Phi) is 6.22. The Morgan fingerprint density at radius 2 is 1.78 bits per heavy atom. The number of piperazine rings is 1. The monoisotopic (exact) mass is 369 g/mol. The van der Waals surface area contributed by atoms with Crippen molar-refractivity contribution in [1.82, 2.24) is 10.2 Å². The third-order valence-electron chi connectivity index (χ3n) is 4.93. The quantitative estimate of drug-likeness (QED) is 0.844. The van der Waals surface area contributed by atoms with Gasteiger partial charge in [0, 0.05) is 44.8 Å². The fourth-order valence-corrected chi connectivity index (χ4v) is 3.58. The second-order valence-electron chi connectivity index (χ2n) is 8.43. The van der Waals surface area contributed by atoms with Crippen LogP contribution in [0.25, 0.3) is 0 Å². The lowest BCUT2D eigenvalue weighted by Crippen LogP contribution is -2.50. The normalized spacial score (nSPS) is 16.9. The van der Waals surface area contributed by atoms with Crippen LogP contribution in [0.2, 0.25) is 0 Å². The number of hydrogen-bond acceptors (Lipinski definition) is 4. The molecule has 3 rings (SSSR count). The highest BCUT2D eigenvalue weighted by Crippen LogP contribution is 2.25. The predicted octanol–water partition coefficient (Wildman–Crippen LogP) is 3.70. The van der Waals surface area contributed by atoms with Gasteiger partial charge in [-0.15, -0.1) is 0 Å². The molecule has 0 spiro atoms. The first-order valence-electron chi connectivity index (χ1n) is 9.76. The van der Waals surface area contributed by atoms with E-state index in [4.69, 9.17) is 4.42 Å². The molecule has 2 aromatic rings. The van der Waals surface area contributed by atoms with E-state index in [-0.39, 0.29) is 17.4 Å². The van der Waals surface area contributed by atoms with E-state index >= 15 is 0 Å². The Labute approximate surface area is 162 Å². The van der Waals surface area contributed by atoms with Crippen molar-refractivity contribution in [3.05, 3.63) is 54.5 Å². The minimum Gasteiger partial charge on any atom is -0.468 e. The topological polar surface area (TPSA) is 48.7 Å². The molecule has 1 saturated heterocycles. The number of carbonyl (C=O) groups excluding carboxylic acids is 1. The number of nitrogens with zero attached hydrogens (tertiary/aromatic N) is 2. The molecule has 5 heteroatoms. The van der Waals surface area contributed by atoms with Crippen molar-refractivity contribution in [2.24, 2.45) is 5.41 Å². The molecule has 1 aromatic carbocycles. The number of nitrogens with one attached hydrogen (secondary N) is 1. The first kappa shape index (κ1) is 19.5. The molecule has 0 radical (unpaired) electrons. The summed E-state index contributed by atoms with van der Waals surface area (Å²) in [5, 5.41) is 3.11.